The predicted octanol–water partition coefficient (Wildman–Crippen LogP) is 3.17. The zero-order valence-electron chi connectivity index (χ0n) is 9.07. The summed E-state index contributed by atoms with van der Waals surface area (Å²) in [7, 11) is 0. The summed E-state index contributed by atoms with van der Waals surface area (Å²) in [6.07, 6.45) is 6.52. The molecule has 1 aromatic rings. The highest BCUT2D eigenvalue weighted by Crippen LogP contribution is 2.67. The normalized spacial score (nSPS) is 36.9. The van der Waals surface area contributed by atoms with Crippen molar-refractivity contribution in [2.24, 2.45) is 10.8 Å². The molecule has 1 aliphatic carbocycles. The second kappa shape index (κ2) is 2.88. The van der Waals surface area contributed by atoms with E-state index < -0.39 is 0 Å². The van der Waals surface area contributed by atoms with E-state index in [0.29, 0.717) is 10.8 Å². The first kappa shape index (κ1) is 9.02. The van der Waals surface area contributed by atoms with Crippen LogP contribution in [0.3, 0.4) is 0 Å². The van der Waals surface area contributed by atoms with Crippen LogP contribution in [0, 0.1) is 10.8 Å². The standard InChI is InChI=1S/C14H16O/c1-13-7-8-15-11-14(13,10-13)9-12-5-3-2-4-6-12/h2-8H,9-11H2,1H3/t13-,14-/m0/s1. The van der Waals surface area contributed by atoms with Crippen molar-refractivity contribution < 1.29 is 4.74 Å². The van der Waals surface area contributed by atoms with Gasteiger partial charge in [0.2, 0.25) is 0 Å². The Labute approximate surface area is 90.8 Å². The molecular formula is C14H16O. The molecule has 1 aliphatic heterocycles. The van der Waals surface area contributed by atoms with Crippen molar-refractivity contribution in [3.63, 3.8) is 0 Å². The monoisotopic (exact) mass is 200 g/mol. The van der Waals surface area contributed by atoms with E-state index in [4.69, 9.17) is 4.74 Å². The highest BCUT2D eigenvalue weighted by atomic mass is 16.5. The molecule has 0 spiro atoms. The van der Waals surface area contributed by atoms with Gasteiger partial charge in [-0.2, -0.15) is 0 Å². The minimum Gasteiger partial charge on any atom is -0.501 e. The van der Waals surface area contributed by atoms with E-state index in [1.807, 2.05) is 6.26 Å². The lowest BCUT2D eigenvalue weighted by Gasteiger charge is -2.24. The lowest BCUT2D eigenvalue weighted by Crippen LogP contribution is -2.21. The van der Waals surface area contributed by atoms with E-state index in [1.165, 1.54) is 12.0 Å². The summed E-state index contributed by atoms with van der Waals surface area (Å²) in [5, 5.41) is 0. The van der Waals surface area contributed by atoms with Gasteiger partial charge in [-0.1, -0.05) is 37.3 Å². The molecule has 1 nitrogen and oxygen atoms in total. The van der Waals surface area contributed by atoms with Crippen molar-refractivity contribution in [3.05, 3.63) is 48.2 Å². The number of rotatable bonds is 2. The van der Waals surface area contributed by atoms with E-state index in [-0.39, 0.29) is 0 Å². The second-order valence-corrected chi connectivity index (χ2v) is 5.15. The van der Waals surface area contributed by atoms with E-state index in [2.05, 4.69) is 43.3 Å². The number of hydrogen-bond donors (Lipinski definition) is 0. The Hall–Kier alpha value is -1.24. The van der Waals surface area contributed by atoms with Gasteiger partial charge in [-0.15, -0.1) is 0 Å². The van der Waals surface area contributed by atoms with Gasteiger partial charge < -0.3 is 4.74 Å². The quantitative estimate of drug-likeness (QED) is 0.712. The van der Waals surface area contributed by atoms with Gasteiger partial charge in [0.05, 0.1) is 12.9 Å². The zero-order chi connectivity index (χ0) is 10.4. The molecule has 2 atom stereocenters. The molecule has 1 saturated carbocycles. The maximum Gasteiger partial charge on any atom is 0.0941 e. The van der Waals surface area contributed by atoms with Gasteiger partial charge in [-0.25, -0.2) is 0 Å². The minimum absolute atomic E-state index is 0.378. The Kier molecular flexibility index (Phi) is 1.73. The topological polar surface area (TPSA) is 9.23 Å². The Balaban J connectivity index is 1.83. The fourth-order valence-corrected chi connectivity index (χ4v) is 2.82. The van der Waals surface area contributed by atoms with Crippen molar-refractivity contribution >= 4 is 0 Å². The number of fused-ring (bicyclic) bond motifs is 1. The van der Waals surface area contributed by atoms with Crippen LogP contribution < -0.4 is 0 Å². The summed E-state index contributed by atoms with van der Waals surface area (Å²) in [4.78, 5) is 0. The minimum atomic E-state index is 0.378. The zero-order valence-corrected chi connectivity index (χ0v) is 9.07. The molecule has 0 N–H and O–H groups in total. The number of ether oxygens (including phenoxy) is 1. The van der Waals surface area contributed by atoms with Crippen LogP contribution in [0.25, 0.3) is 0 Å². The lowest BCUT2D eigenvalue weighted by molar-refractivity contribution is 0.141. The van der Waals surface area contributed by atoms with Crippen LogP contribution in [0.4, 0.5) is 0 Å². The first-order chi connectivity index (χ1) is 7.24. The van der Waals surface area contributed by atoms with Crippen LogP contribution in [0.2, 0.25) is 0 Å². The van der Waals surface area contributed by atoms with Crippen LogP contribution in [0.15, 0.2) is 42.7 Å². The molecule has 2 aliphatic rings. The van der Waals surface area contributed by atoms with E-state index in [9.17, 15) is 0 Å². The van der Waals surface area contributed by atoms with Crippen LogP contribution in [0.1, 0.15) is 18.9 Å². The third-order valence-corrected chi connectivity index (χ3v) is 4.07. The Morgan fingerprint density at radius 1 is 1.27 bits per heavy atom. The third kappa shape index (κ3) is 1.30. The third-order valence-electron chi connectivity index (χ3n) is 4.07. The average molecular weight is 200 g/mol. The molecule has 15 heavy (non-hydrogen) atoms. The molecule has 1 heteroatoms. The Morgan fingerprint density at radius 3 is 2.80 bits per heavy atom. The first-order valence-electron chi connectivity index (χ1n) is 5.57. The van der Waals surface area contributed by atoms with Gasteiger partial charge >= 0.3 is 0 Å². The molecule has 3 rings (SSSR count). The number of allylic oxidation sites excluding steroid dienone is 1. The number of benzene rings is 1. The van der Waals surface area contributed by atoms with E-state index >= 15 is 0 Å². The van der Waals surface area contributed by atoms with Crippen molar-refractivity contribution in [1.82, 2.24) is 0 Å². The van der Waals surface area contributed by atoms with Crippen LogP contribution in [-0.4, -0.2) is 6.61 Å². The van der Waals surface area contributed by atoms with Crippen molar-refractivity contribution in [2.45, 2.75) is 19.8 Å². The Morgan fingerprint density at radius 2 is 2.07 bits per heavy atom. The van der Waals surface area contributed by atoms with E-state index in [1.54, 1.807) is 0 Å². The van der Waals surface area contributed by atoms with Gasteiger partial charge in [0.25, 0.3) is 0 Å². The summed E-state index contributed by atoms with van der Waals surface area (Å²) in [5.41, 5.74) is 2.20. The highest BCUT2D eigenvalue weighted by Gasteiger charge is 2.64. The fourth-order valence-electron chi connectivity index (χ4n) is 2.82. The maximum absolute atomic E-state index is 5.48. The highest BCUT2D eigenvalue weighted by molar-refractivity contribution is 5.28. The van der Waals surface area contributed by atoms with Crippen molar-refractivity contribution in [3.8, 4) is 0 Å². The van der Waals surface area contributed by atoms with Crippen LogP contribution in [0.5, 0.6) is 0 Å². The van der Waals surface area contributed by atoms with Gasteiger partial charge in [-0.05, 0) is 29.9 Å². The Bertz CT molecular complexity index is 391. The molecule has 0 saturated heterocycles. The first-order valence-corrected chi connectivity index (χ1v) is 5.57. The molecule has 0 radical (unpaired) electrons. The summed E-state index contributed by atoms with van der Waals surface area (Å²) in [6, 6.07) is 10.7. The predicted molar refractivity (Wildman–Crippen MR) is 60.4 cm³/mol. The van der Waals surface area contributed by atoms with Gasteiger partial charge in [0.1, 0.15) is 0 Å². The van der Waals surface area contributed by atoms with E-state index in [0.717, 1.165) is 13.0 Å². The summed E-state index contributed by atoms with van der Waals surface area (Å²) < 4.78 is 5.48. The van der Waals surface area contributed by atoms with Crippen LogP contribution >= 0.6 is 0 Å². The summed E-state index contributed by atoms with van der Waals surface area (Å²) >= 11 is 0. The van der Waals surface area contributed by atoms with Gasteiger partial charge in [0.15, 0.2) is 0 Å². The molecule has 1 aromatic carbocycles. The lowest BCUT2D eigenvalue weighted by atomic mass is 9.87. The fraction of sp³-hybridized carbons (Fsp3) is 0.429. The molecule has 0 bridgehead atoms. The molecule has 0 aromatic heterocycles. The molecule has 78 valence electrons. The molecule has 1 heterocycles. The summed E-state index contributed by atoms with van der Waals surface area (Å²) in [5.74, 6) is 0. The average Bonchev–Trinajstić information content (AvgIpc) is 2.85. The largest absolute Gasteiger partial charge is 0.501 e. The summed E-state index contributed by atoms with van der Waals surface area (Å²) in [6.45, 7) is 3.23. The maximum atomic E-state index is 5.48. The molecule has 0 amide bonds. The molecule has 1 fully saturated rings. The number of hydrogen-bond acceptors (Lipinski definition) is 1. The SMILES string of the molecule is C[C@@]12C=COC[C@]1(Cc1ccccc1)C2. The van der Waals surface area contributed by atoms with Crippen LogP contribution in [-0.2, 0) is 11.2 Å². The van der Waals surface area contributed by atoms with Crippen molar-refractivity contribution in [2.75, 3.05) is 6.61 Å². The van der Waals surface area contributed by atoms with Gasteiger partial charge in [-0.3, -0.25) is 0 Å². The van der Waals surface area contributed by atoms with Gasteiger partial charge in [0, 0.05) is 5.41 Å². The molecular weight excluding hydrogens is 184 g/mol. The smallest absolute Gasteiger partial charge is 0.0941 e. The van der Waals surface area contributed by atoms with Crippen molar-refractivity contribution in [1.29, 1.82) is 0 Å². The second-order valence-electron chi connectivity index (χ2n) is 5.15. The molecule has 0 unspecified atom stereocenters.